The Morgan fingerprint density at radius 1 is 0.926 bits per heavy atom. The molecule has 0 bridgehead atoms. The molecule has 1 unspecified atom stereocenters. The van der Waals surface area contributed by atoms with E-state index in [9.17, 15) is 9.46 Å². The van der Waals surface area contributed by atoms with E-state index in [4.69, 9.17) is 9.05 Å². The average Bonchev–Trinajstić information content (AvgIpc) is 2.86. The monoisotopic (exact) mass is 384 g/mol. The normalized spacial score (nSPS) is 31.2. The summed E-state index contributed by atoms with van der Waals surface area (Å²) in [5.74, 6) is 0.985. The Morgan fingerprint density at radius 2 is 1.52 bits per heavy atom. The first-order chi connectivity index (χ1) is 12.5. The van der Waals surface area contributed by atoms with Crippen LogP contribution in [0.15, 0.2) is 30.3 Å². The molecule has 142 valence electrons. The molecule has 1 aliphatic heterocycles. The quantitative estimate of drug-likeness (QED) is 0.608. The minimum Gasteiger partial charge on any atom is -0.395 e. The smallest absolute Gasteiger partial charge is 0.395 e. The Balaban J connectivity index is 1.97. The standard InChI is InChI=1S/C22H25O4P/c1-13-9-15-19-17(10-13)26-27(23,24)25-16-8-6-7-14-18(16)22(19,11-20(14,2)3)12-21(15,4)5/h6-10H,11-12H2,1-5H3,(H,23,24)/t22-/m0/s1. The van der Waals surface area contributed by atoms with E-state index in [0.29, 0.717) is 11.5 Å². The number of hydrogen-bond donors (Lipinski definition) is 1. The van der Waals surface area contributed by atoms with Gasteiger partial charge in [-0.1, -0.05) is 45.9 Å². The topological polar surface area (TPSA) is 55.8 Å². The van der Waals surface area contributed by atoms with E-state index in [2.05, 4.69) is 39.8 Å². The van der Waals surface area contributed by atoms with E-state index >= 15 is 0 Å². The van der Waals surface area contributed by atoms with Gasteiger partial charge < -0.3 is 9.05 Å². The highest BCUT2D eigenvalue weighted by atomic mass is 31.2. The summed E-state index contributed by atoms with van der Waals surface area (Å²) in [6.45, 7) is 11.0. The zero-order chi connectivity index (χ0) is 19.4. The Kier molecular flexibility index (Phi) is 3.08. The molecule has 2 aromatic rings. The molecule has 5 rings (SSSR count). The molecule has 2 atom stereocenters. The number of aryl methyl sites for hydroxylation is 1. The van der Waals surface area contributed by atoms with Crippen molar-refractivity contribution in [3.63, 3.8) is 0 Å². The number of hydrogen-bond acceptors (Lipinski definition) is 3. The van der Waals surface area contributed by atoms with E-state index in [0.717, 1.165) is 29.5 Å². The lowest BCUT2D eigenvalue weighted by Crippen LogP contribution is -2.28. The number of benzene rings is 2. The largest absolute Gasteiger partial charge is 0.584 e. The van der Waals surface area contributed by atoms with Crippen LogP contribution < -0.4 is 9.05 Å². The second-order valence-corrected chi connectivity index (χ2v) is 11.0. The minimum atomic E-state index is -4.27. The van der Waals surface area contributed by atoms with Gasteiger partial charge in [0.2, 0.25) is 0 Å². The molecule has 0 radical (unpaired) electrons. The van der Waals surface area contributed by atoms with Crippen LogP contribution in [0.2, 0.25) is 0 Å². The Labute approximate surface area is 160 Å². The van der Waals surface area contributed by atoms with Crippen LogP contribution in [0.1, 0.15) is 68.4 Å². The van der Waals surface area contributed by atoms with Crippen molar-refractivity contribution in [2.45, 2.75) is 63.7 Å². The molecule has 1 spiro atoms. The fourth-order valence-electron chi connectivity index (χ4n) is 6.02. The first kappa shape index (κ1) is 17.3. The molecule has 2 aliphatic carbocycles. The SMILES string of the molecule is Cc1cc2c3c(c1)C(C)(C)C[C@]31CC(C)(C)c3cccc(c31)OP(=O)(O)O2. The first-order valence-corrected chi connectivity index (χ1v) is 11.0. The van der Waals surface area contributed by atoms with Crippen LogP contribution in [0.3, 0.4) is 0 Å². The molecule has 1 heterocycles. The second kappa shape index (κ2) is 4.79. The summed E-state index contributed by atoms with van der Waals surface area (Å²) in [7, 11) is -4.27. The molecular formula is C22H25O4P. The van der Waals surface area contributed by atoms with Crippen molar-refractivity contribution in [2.75, 3.05) is 0 Å². The van der Waals surface area contributed by atoms with Crippen LogP contribution in [-0.4, -0.2) is 4.89 Å². The molecule has 0 amide bonds. The second-order valence-electron chi connectivity index (χ2n) is 9.72. The van der Waals surface area contributed by atoms with Crippen molar-refractivity contribution in [3.8, 4) is 11.5 Å². The lowest BCUT2D eigenvalue weighted by molar-refractivity contribution is 0.275. The number of phosphoric acid groups is 1. The van der Waals surface area contributed by atoms with Crippen molar-refractivity contribution in [1.82, 2.24) is 0 Å². The van der Waals surface area contributed by atoms with Crippen LogP contribution in [0.4, 0.5) is 0 Å². The van der Waals surface area contributed by atoms with Crippen LogP contribution in [0.5, 0.6) is 11.5 Å². The van der Waals surface area contributed by atoms with Crippen molar-refractivity contribution < 1.29 is 18.5 Å². The zero-order valence-corrected chi connectivity index (χ0v) is 17.3. The van der Waals surface area contributed by atoms with Gasteiger partial charge in [-0.2, -0.15) is 0 Å². The molecule has 5 heteroatoms. The number of phosphoric ester groups is 1. The predicted octanol–water partition coefficient (Wildman–Crippen LogP) is 5.52. The van der Waals surface area contributed by atoms with Gasteiger partial charge in [-0.05, 0) is 59.4 Å². The molecule has 0 saturated carbocycles. The van der Waals surface area contributed by atoms with Gasteiger partial charge in [0.05, 0.1) is 0 Å². The van der Waals surface area contributed by atoms with Gasteiger partial charge in [0.25, 0.3) is 0 Å². The van der Waals surface area contributed by atoms with E-state index < -0.39 is 7.82 Å². The van der Waals surface area contributed by atoms with Crippen LogP contribution in [0.25, 0.3) is 0 Å². The summed E-state index contributed by atoms with van der Waals surface area (Å²) in [6.07, 6.45) is 1.86. The molecule has 1 N–H and O–H groups in total. The maximum absolute atomic E-state index is 12.8. The maximum atomic E-state index is 12.8. The summed E-state index contributed by atoms with van der Waals surface area (Å²) in [4.78, 5) is 10.4. The fraction of sp³-hybridized carbons (Fsp3) is 0.455. The van der Waals surface area contributed by atoms with Gasteiger partial charge >= 0.3 is 7.82 Å². The Hall–Kier alpha value is -1.77. The molecular weight excluding hydrogens is 359 g/mol. The Morgan fingerprint density at radius 3 is 2.22 bits per heavy atom. The summed E-state index contributed by atoms with van der Waals surface area (Å²) in [5.41, 5.74) is 5.22. The molecule has 4 nitrogen and oxygen atoms in total. The van der Waals surface area contributed by atoms with Gasteiger partial charge in [0, 0.05) is 16.5 Å². The van der Waals surface area contributed by atoms with Gasteiger partial charge in [0.1, 0.15) is 11.5 Å². The third-order valence-corrected chi connectivity index (χ3v) is 7.46. The van der Waals surface area contributed by atoms with Crippen molar-refractivity contribution in [3.05, 3.63) is 58.1 Å². The highest BCUT2D eigenvalue weighted by molar-refractivity contribution is 7.48. The number of rotatable bonds is 0. The van der Waals surface area contributed by atoms with Crippen molar-refractivity contribution in [2.24, 2.45) is 0 Å². The van der Waals surface area contributed by atoms with Gasteiger partial charge in [-0.3, -0.25) is 4.89 Å². The summed E-state index contributed by atoms with van der Waals surface area (Å²) < 4.78 is 24.0. The molecule has 27 heavy (non-hydrogen) atoms. The third-order valence-electron chi connectivity index (χ3n) is 6.60. The average molecular weight is 384 g/mol. The molecule has 0 fully saturated rings. The highest BCUT2D eigenvalue weighted by Gasteiger charge is 2.60. The summed E-state index contributed by atoms with van der Waals surface area (Å²) in [6, 6.07) is 9.95. The predicted molar refractivity (Wildman–Crippen MR) is 105 cm³/mol. The molecule has 0 aromatic heterocycles. The highest BCUT2D eigenvalue weighted by Crippen LogP contribution is 2.69. The minimum absolute atomic E-state index is 0.0572. The molecule has 0 saturated heterocycles. The first-order valence-electron chi connectivity index (χ1n) is 9.47. The van der Waals surface area contributed by atoms with E-state index in [1.807, 2.05) is 19.1 Å². The Bertz CT molecular complexity index is 1050. The molecule has 3 aliphatic rings. The zero-order valence-electron chi connectivity index (χ0n) is 16.4. The lowest BCUT2D eigenvalue weighted by atomic mass is 9.72. The maximum Gasteiger partial charge on any atom is 0.584 e. The summed E-state index contributed by atoms with van der Waals surface area (Å²) >= 11 is 0. The van der Waals surface area contributed by atoms with Gasteiger partial charge in [0.15, 0.2) is 0 Å². The van der Waals surface area contributed by atoms with E-state index in [1.54, 1.807) is 6.07 Å². The van der Waals surface area contributed by atoms with Crippen LogP contribution in [-0.2, 0) is 20.8 Å². The van der Waals surface area contributed by atoms with Crippen LogP contribution >= 0.6 is 7.82 Å². The van der Waals surface area contributed by atoms with E-state index in [1.165, 1.54) is 11.1 Å². The lowest BCUT2D eigenvalue weighted by Gasteiger charge is -2.34. The summed E-state index contributed by atoms with van der Waals surface area (Å²) in [5, 5.41) is 0. The van der Waals surface area contributed by atoms with Crippen molar-refractivity contribution >= 4 is 7.82 Å². The molecule has 2 aromatic carbocycles. The van der Waals surface area contributed by atoms with Crippen molar-refractivity contribution in [1.29, 1.82) is 0 Å². The van der Waals surface area contributed by atoms with E-state index in [-0.39, 0.29) is 16.2 Å². The van der Waals surface area contributed by atoms with Gasteiger partial charge in [-0.15, -0.1) is 0 Å². The van der Waals surface area contributed by atoms with Gasteiger partial charge in [-0.25, -0.2) is 4.57 Å². The fourth-order valence-corrected chi connectivity index (χ4v) is 6.86. The van der Waals surface area contributed by atoms with Crippen LogP contribution in [0, 0.1) is 6.92 Å². The third kappa shape index (κ3) is 2.17.